The third-order valence-electron chi connectivity index (χ3n) is 4.50. The highest BCUT2D eigenvalue weighted by Crippen LogP contribution is 2.62. The van der Waals surface area contributed by atoms with Crippen LogP contribution in [-0.4, -0.2) is 11.8 Å². The van der Waals surface area contributed by atoms with Gasteiger partial charge in [0.1, 0.15) is 0 Å². The molecule has 1 aliphatic heterocycles. The smallest absolute Gasteiger partial charge is 0.230 e. The van der Waals surface area contributed by atoms with Crippen molar-refractivity contribution >= 4 is 11.8 Å². The number of hydrogen-bond acceptors (Lipinski definition) is 3. The fraction of sp³-hybridized carbons (Fsp3) is 0.727. The maximum Gasteiger partial charge on any atom is 0.230 e. The van der Waals surface area contributed by atoms with Crippen LogP contribution < -0.4 is 5.32 Å². The van der Waals surface area contributed by atoms with Crippen molar-refractivity contribution < 1.29 is 9.59 Å². The molecule has 3 aliphatic rings. The number of imide groups is 1. The summed E-state index contributed by atoms with van der Waals surface area (Å²) in [7, 11) is 0. The van der Waals surface area contributed by atoms with Crippen LogP contribution in [0.1, 0.15) is 19.8 Å². The summed E-state index contributed by atoms with van der Waals surface area (Å²) < 4.78 is 0. The van der Waals surface area contributed by atoms with Gasteiger partial charge in [0.25, 0.3) is 0 Å². The van der Waals surface area contributed by atoms with E-state index in [1.54, 1.807) is 0 Å². The summed E-state index contributed by atoms with van der Waals surface area (Å²) >= 11 is 0. The SMILES string of the molecule is CC1(C#N)CC2CC1C1C(=O)NC(=O)C21. The number of hydrogen-bond donors (Lipinski definition) is 1. The number of carbonyl (C=O) groups is 2. The zero-order valence-corrected chi connectivity index (χ0v) is 8.49. The van der Waals surface area contributed by atoms with E-state index in [9.17, 15) is 9.59 Å². The van der Waals surface area contributed by atoms with Crippen molar-refractivity contribution in [3.05, 3.63) is 0 Å². The summed E-state index contributed by atoms with van der Waals surface area (Å²) in [6, 6.07) is 2.33. The lowest BCUT2D eigenvalue weighted by atomic mass is 9.67. The molecule has 1 saturated heterocycles. The van der Waals surface area contributed by atoms with Gasteiger partial charge >= 0.3 is 0 Å². The summed E-state index contributed by atoms with van der Waals surface area (Å²) in [6.45, 7) is 1.92. The van der Waals surface area contributed by atoms with Crippen LogP contribution in [0, 0.1) is 40.4 Å². The molecule has 2 bridgehead atoms. The largest absolute Gasteiger partial charge is 0.296 e. The molecule has 3 fully saturated rings. The summed E-state index contributed by atoms with van der Waals surface area (Å²) in [5, 5.41) is 11.5. The Kier molecular flexibility index (Phi) is 1.43. The van der Waals surface area contributed by atoms with Crippen molar-refractivity contribution in [1.29, 1.82) is 5.26 Å². The number of nitriles is 1. The van der Waals surface area contributed by atoms with E-state index in [4.69, 9.17) is 5.26 Å². The van der Waals surface area contributed by atoms with E-state index in [0.717, 1.165) is 12.8 Å². The van der Waals surface area contributed by atoms with E-state index in [1.807, 2.05) is 6.92 Å². The molecule has 5 atom stereocenters. The summed E-state index contributed by atoms with van der Waals surface area (Å²) in [6.07, 6.45) is 1.65. The van der Waals surface area contributed by atoms with Crippen LogP contribution >= 0.6 is 0 Å². The Balaban J connectivity index is 2.03. The van der Waals surface area contributed by atoms with Crippen molar-refractivity contribution in [2.45, 2.75) is 19.8 Å². The second-order valence-corrected chi connectivity index (χ2v) is 5.24. The minimum Gasteiger partial charge on any atom is -0.296 e. The Labute approximate surface area is 87.6 Å². The molecule has 3 rings (SSSR count). The summed E-state index contributed by atoms with van der Waals surface area (Å²) in [5.41, 5.74) is -0.395. The number of rotatable bonds is 0. The van der Waals surface area contributed by atoms with E-state index in [1.165, 1.54) is 0 Å². The van der Waals surface area contributed by atoms with E-state index in [0.29, 0.717) is 0 Å². The lowest BCUT2D eigenvalue weighted by molar-refractivity contribution is -0.127. The first-order valence-electron chi connectivity index (χ1n) is 5.33. The molecule has 15 heavy (non-hydrogen) atoms. The minimum atomic E-state index is -0.395. The summed E-state index contributed by atoms with van der Waals surface area (Å²) in [5.74, 6) is -0.291. The van der Waals surface area contributed by atoms with Gasteiger partial charge in [-0.05, 0) is 31.6 Å². The second-order valence-electron chi connectivity index (χ2n) is 5.24. The predicted octanol–water partition coefficient (Wildman–Crippen LogP) is 0.445. The van der Waals surface area contributed by atoms with Crippen LogP contribution in [0.25, 0.3) is 0 Å². The van der Waals surface area contributed by atoms with Crippen molar-refractivity contribution in [1.82, 2.24) is 5.32 Å². The number of nitrogens with zero attached hydrogens (tertiary/aromatic N) is 1. The molecule has 1 heterocycles. The van der Waals surface area contributed by atoms with Crippen LogP contribution in [0.4, 0.5) is 0 Å². The predicted molar refractivity (Wildman–Crippen MR) is 50.1 cm³/mol. The first-order chi connectivity index (χ1) is 7.07. The van der Waals surface area contributed by atoms with Crippen LogP contribution in [0.3, 0.4) is 0 Å². The Hall–Kier alpha value is -1.37. The normalized spacial score (nSPS) is 51.5. The van der Waals surface area contributed by atoms with Crippen molar-refractivity contribution in [2.75, 3.05) is 0 Å². The molecule has 2 amide bonds. The van der Waals surface area contributed by atoms with Crippen LogP contribution in [-0.2, 0) is 9.59 Å². The standard InChI is InChI=1S/C11H12N2O2/c1-11(4-12)3-5-2-6(11)8-7(5)9(14)13-10(8)15/h5-8H,2-3H2,1H3,(H,13,14,15). The van der Waals surface area contributed by atoms with Crippen molar-refractivity contribution in [3.63, 3.8) is 0 Å². The first-order valence-corrected chi connectivity index (χ1v) is 5.33. The van der Waals surface area contributed by atoms with E-state index in [2.05, 4.69) is 11.4 Å². The van der Waals surface area contributed by atoms with Gasteiger partial charge in [-0.3, -0.25) is 14.9 Å². The Morgan fingerprint density at radius 3 is 2.73 bits per heavy atom. The molecule has 0 radical (unpaired) electrons. The average Bonchev–Trinajstić information content (AvgIpc) is 2.78. The third kappa shape index (κ3) is 0.865. The van der Waals surface area contributed by atoms with Gasteiger partial charge < -0.3 is 0 Å². The molecule has 0 aromatic rings. The van der Waals surface area contributed by atoms with Crippen molar-refractivity contribution in [3.8, 4) is 6.07 Å². The molecule has 4 nitrogen and oxygen atoms in total. The molecule has 78 valence electrons. The zero-order chi connectivity index (χ0) is 10.8. The molecule has 2 saturated carbocycles. The van der Waals surface area contributed by atoms with Gasteiger partial charge in [-0.25, -0.2) is 0 Å². The molecule has 0 spiro atoms. The quantitative estimate of drug-likeness (QED) is 0.582. The average molecular weight is 204 g/mol. The molecule has 0 aromatic heterocycles. The highest BCUT2D eigenvalue weighted by molar-refractivity contribution is 6.06. The molecule has 0 aromatic carbocycles. The van der Waals surface area contributed by atoms with E-state index < -0.39 is 5.41 Å². The first kappa shape index (κ1) is 8.90. The van der Waals surface area contributed by atoms with Crippen LogP contribution in [0.15, 0.2) is 0 Å². The van der Waals surface area contributed by atoms with Gasteiger partial charge in [-0.1, -0.05) is 0 Å². The Bertz CT molecular complexity index is 411. The van der Waals surface area contributed by atoms with Gasteiger partial charge in [-0.15, -0.1) is 0 Å². The second kappa shape index (κ2) is 2.41. The third-order valence-corrected chi connectivity index (χ3v) is 4.50. The van der Waals surface area contributed by atoms with Gasteiger partial charge in [0.05, 0.1) is 23.3 Å². The minimum absolute atomic E-state index is 0.0870. The molecule has 4 heteroatoms. The molecular weight excluding hydrogens is 192 g/mol. The van der Waals surface area contributed by atoms with Gasteiger partial charge in [-0.2, -0.15) is 5.26 Å². The summed E-state index contributed by atoms with van der Waals surface area (Å²) in [4.78, 5) is 23.2. The Morgan fingerprint density at radius 1 is 1.40 bits per heavy atom. The highest BCUT2D eigenvalue weighted by Gasteiger charge is 2.65. The number of nitrogens with one attached hydrogen (secondary N) is 1. The van der Waals surface area contributed by atoms with Gasteiger partial charge in [0, 0.05) is 0 Å². The number of amides is 2. The fourth-order valence-corrected chi connectivity index (χ4v) is 3.87. The van der Waals surface area contributed by atoms with Gasteiger partial charge in [0.2, 0.25) is 11.8 Å². The highest BCUT2D eigenvalue weighted by atomic mass is 16.2. The lowest BCUT2D eigenvalue weighted by Crippen LogP contribution is -2.36. The van der Waals surface area contributed by atoms with E-state index >= 15 is 0 Å². The van der Waals surface area contributed by atoms with E-state index in [-0.39, 0.29) is 35.5 Å². The lowest BCUT2D eigenvalue weighted by Gasteiger charge is -2.32. The van der Waals surface area contributed by atoms with Crippen molar-refractivity contribution in [2.24, 2.45) is 29.1 Å². The number of carbonyl (C=O) groups excluding carboxylic acids is 2. The topological polar surface area (TPSA) is 70.0 Å². The maximum atomic E-state index is 11.6. The molecule has 1 N–H and O–H groups in total. The fourth-order valence-electron chi connectivity index (χ4n) is 3.87. The zero-order valence-electron chi connectivity index (χ0n) is 8.49. The Morgan fingerprint density at radius 2 is 2.07 bits per heavy atom. The van der Waals surface area contributed by atoms with Crippen LogP contribution in [0.5, 0.6) is 0 Å². The van der Waals surface area contributed by atoms with Gasteiger partial charge in [0.15, 0.2) is 0 Å². The maximum absolute atomic E-state index is 11.6. The van der Waals surface area contributed by atoms with Crippen LogP contribution in [0.2, 0.25) is 0 Å². The molecule has 2 aliphatic carbocycles. The molecular formula is C11H12N2O2. The monoisotopic (exact) mass is 204 g/mol. The molecule has 5 unspecified atom stereocenters. The number of fused-ring (bicyclic) bond motifs is 5.